The van der Waals surface area contributed by atoms with Crippen molar-refractivity contribution in [3.8, 4) is 27.9 Å². The summed E-state index contributed by atoms with van der Waals surface area (Å²) in [5.41, 5.74) is 4.72. The standard InChI is InChI=1S/C16H11N3S/c1-11-5-6-18-9-14(11)16-19-15(10-20-16)13-4-2-3-12(7-13)8-17/h2-7,9-10H,1H3. The summed E-state index contributed by atoms with van der Waals surface area (Å²) in [7, 11) is 0. The molecule has 3 rings (SSSR count). The third-order valence-electron chi connectivity index (χ3n) is 3.06. The Bertz CT molecular complexity index is 799. The molecule has 2 heterocycles. The number of nitriles is 1. The van der Waals surface area contributed by atoms with E-state index < -0.39 is 0 Å². The summed E-state index contributed by atoms with van der Waals surface area (Å²) >= 11 is 1.59. The van der Waals surface area contributed by atoms with Gasteiger partial charge in [0.2, 0.25) is 0 Å². The molecular formula is C16H11N3S. The van der Waals surface area contributed by atoms with Crippen molar-refractivity contribution in [3.63, 3.8) is 0 Å². The maximum absolute atomic E-state index is 8.95. The first-order chi connectivity index (χ1) is 9.78. The number of thiazole rings is 1. The third kappa shape index (κ3) is 2.31. The van der Waals surface area contributed by atoms with Crippen molar-refractivity contribution in [2.24, 2.45) is 0 Å². The number of benzene rings is 1. The minimum absolute atomic E-state index is 0.648. The van der Waals surface area contributed by atoms with E-state index >= 15 is 0 Å². The highest BCUT2D eigenvalue weighted by molar-refractivity contribution is 7.13. The van der Waals surface area contributed by atoms with Crippen molar-refractivity contribution < 1.29 is 0 Å². The molecule has 2 aromatic heterocycles. The second-order valence-electron chi connectivity index (χ2n) is 4.42. The van der Waals surface area contributed by atoms with Crippen molar-refractivity contribution in [3.05, 3.63) is 59.2 Å². The van der Waals surface area contributed by atoms with Crippen LogP contribution in [0.25, 0.3) is 21.8 Å². The molecule has 0 aliphatic carbocycles. The van der Waals surface area contributed by atoms with Crippen LogP contribution in [0.4, 0.5) is 0 Å². The topological polar surface area (TPSA) is 49.6 Å². The Morgan fingerprint density at radius 1 is 1.25 bits per heavy atom. The second kappa shape index (κ2) is 5.24. The summed E-state index contributed by atoms with van der Waals surface area (Å²) in [4.78, 5) is 8.81. The molecule has 0 radical (unpaired) electrons. The van der Waals surface area contributed by atoms with Crippen LogP contribution in [0, 0.1) is 18.3 Å². The summed E-state index contributed by atoms with van der Waals surface area (Å²) in [6.45, 7) is 2.05. The third-order valence-corrected chi connectivity index (χ3v) is 3.94. The van der Waals surface area contributed by atoms with Crippen LogP contribution in [0.5, 0.6) is 0 Å². The van der Waals surface area contributed by atoms with Gasteiger partial charge in [-0.25, -0.2) is 4.98 Å². The van der Waals surface area contributed by atoms with Crippen LogP contribution >= 0.6 is 11.3 Å². The number of rotatable bonds is 2. The van der Waals surface area contributed by atoms with Gasteiger partial charge in [-0.3, -0.25) is 4.98 Å². The molecule has 0 fully saturated rings. The highest BCUT2D eigenvalue weighted by atomic mass is 32.1. The SMILES string of the molecule is Cc1ccncc1-c1nc(-c2cccc(C#N)c2)cs1. The average Bonchev–Trinajstić information content (AvgIpc) is 2.97. The molecule has 0 aliphatic heterocycles. The molecule has 0 amide bonds. The van der Waals surface area contributed by atoms with Gasteiger partial charge in [0.1, 0.15) is 5.01 Å². The van der Waals surface area contributed by atoms with Crippen molar-refractivity contribution in [1.82, 2.24) is 9.97 Å². The van der Waals surface area contributed by atoms with Crippen molar-refractivity contribution in [1.29, 1.82) is 5.26 Å². The van der Waals surface area contributed by atoms with E-state index in [1.807, 2.05) is 42.8 Å². The van der Waals surface area contributed by atoms with Gasteiger partial charge in [0, 0.05) is 28.9 Å². The lowest BCUT2D eigenvalue weighted by atomic mass is 10.1. The number of hydrogen-bond donors (Lipinski definition) is 0. The first-order valence-corrected chi connectivity index (χ1v) is 7.03. The van der Waals surface area contributed by atoms with Gasteiger partial charge in [-0.15, -0.1) is 11.3 Å². The molecule has 3 aromatic rings. The first kappa shape index (κ1) is 12.5. The van der Waals surface area contributed by atoms with Gasteiger partial charge in [0.15, 0.2) is 0 Å². The molecule has 1 aromatic carbocycles. The number of aryl methyl sites for hydroxylation is 1. The summed E-state index contributed by atoms with van der Waals surface area (Å²) in [6, 6.07) is 11.6. The van der Waals surface area contributed by atoms with E-state index in [1.54, 1.807) is 23.6 Å². The van der Waals surface area contributed by atoms with E-state index in [-0.39, 0.29) is 0 Å². The summed E-state index contributed by atoms with van der Waals surface area (Å²) in [5, 5.41) is 11.9. The van der Waals surface area contributed by atoms with Gasteiger partial charge in [-0.05, 0) is 30.7 Å². The van der Waals surface area contributed by atoms with Gasteiger partial charge >= 0.3 is 0 Å². The fourth-order valence-electron chi connectivity index (χ4n) is 1.97. The minimum Gasteiger partial charge on any atom is -0.264 e. The molecule has 0 unspecified atom stereocenters. The molecule has 0 aliphatic rings. The summed E-state index contributed by atoms with van der Waals surface area (Å²) < 4.78 is 0. The van der Waals surface area contributed by atoms with E-state index in [0.29, 0.717) is 5.56 Å². The van der Waals surface area contributed by atoms with Crippen LogP contribution in [-0.2, 0) is 0 Å². The molecular weight excluding hydrogens is 266 g/mol. The van der Waals surface area contributed by atoms with Crippen LogP contribution in [0.2, 0.25) is 0 Å². The molecule has 0 N–H and O–H groups in total. The molecule has 0 atom stereocenters. The Hall–Kier alpha value is -2.51. The van der Waals surface area contributed by atoms with Crippen LogP contribution in [-0.4, -0.2) is 9.97 Å². The minimum atomic E-state index is 0.648. The maximum atomic E-state index is 8.95. The van der Waals surface area contributed by atoms with Crippen molar-refractivity contribution in [2.45, 2.75) is 6.92 Å². The Labute approximate surface area is 121 Å². The number of nitrogens with zero attached hydrogens (tertiary/aromatic N) is 3. The number of aromatic nitrogens is 2. The van der Waals surface area contributed by atoms with Crippen molar-refractivity contribution in [2.75, 3.05) is 0 Å². The summed E-state index contributed by atoms with van der Waals surface area (Å²) in [5.74, 6) is 0. The second-order valence-corrected chi connectivity index (χ2v) is 5.28. The Morgan fingerprint density at radius 3 is 2.95 bits per heavy atom. The lowest BCUT2D eigenvalue weighted by molar-refractivity contribution is 1.27. The molecule has 0 saturated heterocycles. The van der Waals surface area contributed by atoms with E-state index in [0.717, 1.165) is 27.4 Å². The van der Waals surface area contributed by atoms with Crippen LogP contribution in [0.3, 0.4) is 0 Å². The Morgan fingerprint density at radius 2 is 2.15 bits per heavy atom. The normalized spacial score (nSPS) is 10.2. The van der Waals surface area contributed by atoms with Gasteiger partial charge in [0.25, 0.3) is 0 Å². The summed E-state index contributed by atoms with van der Waals surface area (Å²) in [6.07, 6.45) is 3.62. The Balaban J connectivity index is 2.02. The molecule has 3 nitrogen and oxygen atoms in total. The van der Waals surface area contributed by atoms with E-state index in [9.17, 15) is 0 Å². The van der Waals surface area contributed by atoms with E-state index in [2.05, 4.69) is 16.0 Å². The highest BCUT2D eigenvalue weighted by Crippen LogP contribution is 2.30. The lowest BCUT2D eigenvalue weighted by Crippen LogP contribution is -1.85. The maximum Gasteiger partial charge on any atom is 0.125 e. The molecule has 20 heavy (non-hydrogen) atoms. The van der Waals surface area contributed by atoms with Gasteiger partial charge < -0.3 is 0 Å². The molecule has 0 bridgehead atoms. The molecule has 0 spiro atoms. The molecule has 4 heteroatoms. The fraction of sp³-hybridized carbons (Fsp3) is 0.0625. The van der Waals surface area contributed by atoms with Gasteiger partial charge in [0.05, 0.1) is 17.3 Å². The monoisotopic (exact) mass is 277 g/mol. The predicted molar refractivity (Wildman–Crippen MR) is 80.2 cm³/mol. The average molecular weight is 277 g/mol. The fourth-order valence-corrected chi connectivity index (χ4v) is 2.87. The van der Waals surface area contributed by atoms with Gasteiger partial charge in [-0.1, -0.05) is 12.1 Å². The van der Waals surface area contributed by atoms with Crippen LogP contribution in [0.1, 0.15) is 11.1 Å². The van der Waals surface area contributed by atoms with E-state index in [4.69, 9.17) is 5.26 Å². The van der Waals surface area contributed by atoms with Gasteiger partial charge in [-0.2, -0.15) is 5.26 Å². The zero-order chi connectivity index (χ0) is 13.9. The smallest absolute Gasteiger partial charge is 0.125 e. The van der Waals surface area contributed by atoms with E-state index in [1.165, 1.54) is 0 Å². The van der Waals surface area contributed by atoms with Crippen LogP contribution < -0.4 is 0 Å². The largest absolute Gasteiger partial charge is 0.264 e. The zero-order valence-electron chi connectivity index (χ0n) is 10.9. The van der Waals surface area contributed by atoms with Crippen LogP contribution in [0.15, 0.2) is 48.1 Å². The number of pyridine rings is 1. The first-order valence-electron chi connectivity index (χ1n) is 6.15. The highest BCUT2D eigenvalue weighted by Gasteiger charge is 2.09. The molecule has 0 saturated carbocycles. The quantitative estimate of drug-likeness (QED) is 0.710. The lowest BCUT2D eigenvalue weighted by Gasteiger charge is -2.00. The number of hydrogen-bond acceptors (Lipinski definition) is 4. The zero-order valence-corrected chi connectivity index (χ0v) is 11.7. The van der Waals surface area contributed by atoms with Crippen molar-refractivity contribution >= 4 is 11.3 Å². The predicted octanol–water partition coefficient (Wildman–Crippen LogP) is 4.05. The Kier molecular flexibility index (Phi) is 3.28. The molecule has 96 valence electrons.